The molecule has 0 aromatic carbocycles. The Morgan fingerprint density at radius 3 is 2.41 bits per heavy atom. The van der Waals surface area contributed by atoms with Crippen LogP contribution in [-0.4, -0.2) is 19.7 Å². The van der Waals surface area contributed by atoms with E-state index < -0.39 is 16.7 Å². The highest BCUT2D eigenvalue weighted by Gasteiger charge is 2.12. The van der Waals surface area contributed by atoms with Crippen LogP contribution in [0.25, 0.3) is 11.0 Å². The van der Waals surface area contributed by atoms with Gasteiger partial charge in [-0.1, -0.05) is 13.3 Å². The zero-order chi connectivity index (χ0) is 12.6. The number of H-pyrrole nitrogens is 2. The van der Waals surface area contributed by atoms with Crippen LogP contribution in [0, 0.1) is 0 Å². The first-order chi connectivity index (χ1) is 8.04. The highest BCUT2D eigenvalue weighted by atomic mass is 16.2. The van der Waals surface area contributed by atoms with E-state index in [-0.39, 0.29) is 5.52 Å². The van der Waals surface area contributed by atoms with Gasteiger partial charge in [0.05, 0.1) is 11.2 Å². The van der Waals surface area contributed by atoms with Crippen LogP contribution in [0.15, 0.2) is 14.4 Å². The van der Waals surface area contributed by atoms with Crippen LogP contribution in [0.2, 0.25) is 0 Å². The molecule has 2 aromatic heterocycles. The molecule has 2 rings (SSSR count). The molecule has 90 valence electrons. The molecule has 7 heteroatoms. The Hall–Kier alpha value is -2.18. The SMILES string of the molecule is CCCc1nn(C)c2c(=O)[nH]c(=O)c(=O)[nH]c12. The third kappa shape index (κ3) is 1.79. The fourth-order valence-corrected chi connectivity index (χ4v) is 1.77. The van der Waals surface area contributed by atoms with Gasteiger partial charge in [0.1, 0.15) is 5.52 Å². The van der Waals surface area contributed by atoms with Crippen LogP contribution in [0.5, 0.6) is 0 Å². The molecule has 0 aliphatic carbocycles. The molecule has 0 fully saturated rings. The van der Waals surface area contributed by atoms with Crippen molar-refractivity contribution in [1.29, 1.82) is 0 Å². The number of hydrogen-bond donors (Lipinski definition) is 2. The standard InChI is InChI=1S/C10H12N4O3/c1-3-4-5-6-7(14(2)13-5)8(15)12-10(17)9(16)11-6/h3-4H2,1-2H3,(H2,11,12,15,16,17). The van der Waals surface area contributed by atoms with Crippen molar-refractivity contribution >= 4 is 11.0 Å². The first kappa shape index (κ1) is 11.3. The number of aromatic nitrogens is 4. The normalized spacial score (nSPS) is 10.9. The largest absolute Gasteiger partial charge is 0.316 e. The van der Waals surface area contributed by atoms with Crippen LogP contribution in [0.4, 0.5) is 0 Å². The fraction of sp³-hybridized carbons (Fsp3) is 0.400. The molecule has 2 heterocycles. The lowest BCUT2D eigenvalue weighted by Gasteiger charge is -1.89. The second-order valence-electron chi connectivity index (χ2n) is 3.78. The molecule has 0 aliphatic rings. The van der Waals surface area contributed by atoms with Crippen LogP contribution < -0.4 is 16.7 Å². The summed E-state index contributed by atoms with van der Waals surface area (Å²) in [7, 11) is 1.60. The third-order valence-electron chi connectivity index (χ3n) is 2.49. The predicted molar refractivity (Wildman–Crippen MR) is 62.2 cm³/mol. The van der Waals surface area contributed by atoms with E-state index in [0.29, 0.717) is 17.6 Å². The van der Waals surface area contributed by atoms with Gasteiger partial charge in [-0.3, -0.25) is 24.0 Å². The van der Waals surface area contributed by atoms with Gasteiger partial charge < -0.3 is 4.98 Å². The number of hydrogen-bond acceptors (Lipinski definition) is 4. The van der Waals surface area contributed by atoms with Crippen molar-refractivity contribution in [2.24, 2.45) is 7.05 Å². The minimum absolute atomic E-state index is 0.202. The van der Waals surface area contributed by atoms with Gasteiger partial charge in [-0.15, -0.1) is 0 Å². The smallest absolute Gasteiger partial charge is 0.314 e. The topological polar surface area (TPSA) is 101 Å². The number of nitrogens with one attached hydrogen (secondary N) is 2. The minimum Gasteiger partial charge on any atom is -0.314 e. The molecule has 0 spiro atoms. The molecular weight excluding hydrogens is 224 g/mol. The molecule has 0 saturated heterocycles. The van der Waals surface area contributed by atoms with Gasteiger partial charge >= 0.3 is 11.1 Å². The van der Waals surface area contributed by atoms with Gasteiger partial charge in [0.25, 0.3) is 5.56 Å². The van der Waals surface area contributed by atoms with Gasteiger partial charge in [-0.05, 0) is 6.42 Å². The van der Waals surface area contributed by atoms with Gasteiger partial charge in [-0.25, -0.2) is 0 Å². The molecule has 0 unspecified atom stereocenters. The maximum atomic E-state index is 11.7. The Bertz CT molecular complexity index is 738. The summed E-state index contributed by atoms with van der Waals surface area (Å²) in [6.45, 7) is 1.96. The Labute approximate surface area is 95.1 Å². The van der Waals surface area contributed by atoms with Crippen LogP contribution in [-0.2, 0) is 13.5 Å². The van der Waals surface area contributed by atoms with Crippen LogP contribution in [0.1, 0.15) is 19.0 Å². The number of nitrogens with zero attached hydrogens (tertiary/aromatic N) is 2. The van der Waals surface area contributed by atoms with Gasteiger partial charge in [-0.2, -0.15) is 5.10 Å². The lowest BCUT2D eigenvalue weighted by Crippen LogP contribution is -2.29. The molecule has 0 bridgehead atoms. The lowest BCUT2D eigenvalue weighted by molar-refractivity contribution is 0.749. The van der Waals surface area contributed by atoms with E-state index in [2.05, 4.69) is 10.1 Å². The summed E-state index contributed by atoms with van der Waals surface area (Å²) >= 11 is 0. The number of aryl methyl sites for hydroxylation is 2. The zero-order valence-electron chi connectivity index (χ0n) is 9.53. The second kappa shape index (κ2) is 4.00. The van der Waals surface area contributed by atoms with Crippen LogP contribution >= 0.6 is 0 Å². The first-order valence-electron chi connectivity index (χ1n) is 5.27. The summed E-state index contributed by atoms with van der Waals surface area (Å²) in [6.07, 6.45) is 1.46. The molecule has 17 heavy (non-hydrogen) atoms. The van der Waals surface area contributed by atoms with Crippen molar-refractivity contribution < 1.29 is 0 Å². The number of aromatic amines is 2. The average Bonchev–Trinajstić information content (AvgIpc) is 2.49. The van der Waals surface area contributed by atoms with Crippen molar-refractivity contribution in [1.82, 2.24) is 19.7 Å². The van der Waals surface area contributed by atoms with Crippen molar-refractivity contribution in [2.75, 3.05) is 0 Å². The van der Waals surface area contributed by atoms with Crippen LogP contribution in [0.3, 0.4) is 0 Å². The Kier molecular flexibility index (Phi) is 2.66. The summed E-state index contributed by atoms with van der Waals surface area (Å²) < 4.78 is 1.37. The molecule has 2 N–H and O–H groups in total. The van der Waals surface area contributed by atoms with Gasteiger partial charge in [0.2, 0.25) is 0 Å². The minimum atomic E-state index is -0.950. The number of rotatable bonds is 2. The van der Waals surface area contributed by atoms with E-state index >= 15 is 0 Å². The number of fused-ring (bicyclic) bond motifs is 1. The Balaban J connectivity index is 3.03. The summed E-state index contributed by atoms with van der Waals surface area (Å²) in [4.78, 5) is 38.7. The lowest BCUT2D eigenvalue weighted by atomic mass is 10.2. The van der Waals surface area contributed by atoms with Gasteiger partial charge in [0, 0.05) is 7.05 Å². The molecule has 0 radical (unpaired) electrons. The Morgan fingerprint density at radius 1 is 1.12 bits per heavy atom. The molecule has 7 nitrogen and oxygen atoms in total. The van der Waals surface area contributed by atoms with Gasteiger partial charge in [0.15, 0.2) is 0 Å². The van der Waals surface area contributed by atoms with Crippen molar-refractivity contribution in [2.45, 2.75) is 19.8 Å². The molecule has 0 amide bonds. The molecule has 0 aliphatic heterocycles. The molecule has 2 aromatic rings. The molecule has 0 saturated carbocycles. The summed E-state index contributed by atoms with van der Waals surface area (Å²) in [5.74, 6) is 0. The predicted octanol–water partition coefficient (Wildman–Crippen LogP) is -0.737. The van der Waals surface area contributed by atoms with Crippen molar-refractivity contribution in [3.63, 3.8) is 0 Å². The zero-order valence-corrected chi connectivity index (χ0v) is 9.53. The highest BCUT2D eigenvalue weighted by Crippen LogP contribution is 2.10. The first-order valence-corrected chi connectivity index (χ1v) is 5.27. The van der Waals surface area contributed by atoms with E-state index in [1.165, 1.54) is 4.68 Å². The summed E-state index contributed by atoms with van der Waals surface area (Å²) in [5.41, 5.74) is -1.25. The Morgan fingerprint density at radius 2 is 1.76 bits per heavy atom. The highest BCUT2D eigenvalue weighted by molar-refractivity contribution is 5.75. The maximum absolute atomic E-state index is 11.7. The van der Waals surface area contributed by atoms with Crippen molar-refractivity contribution in [3.8, 4) is 0 Å². The molecular formula is C10H12N4O3. The quantitative estimate of drug-likeness (QED) is 0.671. The van der Waals surface area contributed by atoms with E-state index in [4.69, 9.17) is 0 Å². The van der Waals surface area contributed by atoms with E-state index in [1.807, 2.05) is 11.9 Å². The monoisotopic (exact) mass is 236 g/mol. The van der Waals surface area contributed by atoms with E-state index in [0.717, 1.165) is 6.42 Å². The molecule has 0 atom stereocenters. The second-order valence-corrected chi connectivity index (χ2v) is 3.78. The average molecular weight is 236 g/mol. The maximum Gasteiger partial charge on any atom is 0.316 e. The summed E-state index contributed by atoms with van der Waals surface area (Å²) in [6, 6.07) is 0. The van der Waals surface area contributed by atoms with Crippen molar-refractivity contribution in [3.05, 3.63) is 36.8 Å². The van der Waals surface area contributed by atoms with E-state index in [1.54, 1.807) is 7.05 Å². The third-order valence-corrected chi connectivity index (χ3v) is 2.49. The summed E-state index contributed by atoms with van der Waals surface area (Å²) in [5, 5.41) is 4.16. The fourth-order valence-electron chi connectivity index (χ4n) is 1.77. The van der Waals surface area contributed by atoms with E-state index in [9.17, 15) is 14.4 Å².